The topological polar surface area (TPSA) is 50.2 Å². The molecule has 4 rings (SSSR count). The quantitative estimate of drug-likeness (QED) is 0.264. The van der Waals surface area contributed by atoms with Crippen molar-refractivity contribution < 1.29 is 4.79 Å². The Balaban J connectivity index is 0.000000205. The summed E-state index contributed by atoms with van der Waals surface area (Å²) in [5.74, 6) is 0.852. The highest BCUT2D eigenvalue weighted by atomic mass is 35.5. The molecule has 0 atom stereocenters. The van der Waals surface area contributed by atoms with Gasteiger partial charge in [0.25, 0.3) is 5.24 Å². The van der Waals surface area contributed by atoms with Gasteiger partial charge < -0.3 is 10.2 Å². The van der Waals surface area contributed by atoms with Crippen LogP contribution in [-0.2, 0) is 13.6 Å². The van der Waals surface area contributed by atoms with Crippen LogP contribution in [0.5, 0.6) is 0 Å². The fourth-order valence-electron chi connectivity index (χ4n) is 4.05. The van der Waals surface area contributed by atoms with Gasteiger partial charge in [-0.2, -0.15) is 5.10 Å². The first-order valence-corrected chi connectivity index (χ1v) is 12.7. The van der Waals surface area contributed by atoms with Crippen LogP contribution in [0.15, 0.2) is 66.9 Å². The number of nitrogens with one attached hydrogen (secondary N) is 1. The average Bonchev–Trinajstić information content (AvgIpc) is 3.23. The van der Waals surface area contributed by atoms with Gasteiger partial charge in [-0.15, -0.1) is 0 Å². The van der Waals surface area contributed by atoms with E-state index in [0.29, 0.717) is 11.5 Å². The standard InChI is InChI=1S/C18H24N2.C12H13ClN2O/c1-14(2)16-7-9-17(10-8-16)19-13-15-5-11-18(12-6-15)20(3)4;1-7(2)8-4-5-10-9(6-14-15(10)3)11(8)12(13)16/h5-12,14,19H,13H2,1-4H3;4-7H,1-3H3. The van der Waals surface area contributed by atoms with E-state index >= 15 is 0 Å². The molecule has 0 bridgehead atoms. The molecule has 0 spiro atoms. The van der Waals surface area contributed by atoms with Gasteiger partial charge in [0.15, 0.2) is 0 Å². The number of hydrogen-bond donors (Lipinski definition) is 1. The molecule has 1 aromatic heterocycles. The van der Waals surface area contributed by atoms with Crippen LogP contribution >= 0.6 is 11.6 Å². The number of hydrogen-bond acceptors (Lipinski definition) is 4. The number of fused-ring (bicyclic) bond motifs is 1. The molecule has 3 aromatic carbocycles. The van der Waals surface area contributed by atoms with Crippen molar-refractivity contribution in [2.45, 2.75) is 46.1 Å². The van der Waals surface area contributed by atoms with Crippen molar-refractivity contribution in [3.8, 4) is 0 Å². The van der Waals surface area contributed by atoms with Crippen LogP contribution in [0.25, 0.3) is 10.9 Å². The van der Waals surface area contributed by atoms with E-state index in [4.69, 9.17) is 11.6 Å². The van der Waals surface area contributed by atoms with Gasteiger partial charge in [0.05, 0.1) is 11.7 Å². The van der Waals surface area contributed by atoms with Gasteiger partial charge in [0, 0.05) is 50.0 Å². The van der Waals surface area contributed by atoms with Crippen molar-refractivity contribution in [1.29, 1.82) is 0 Å². The Kier molecular flexibility index (Phi) is 9.16. The number of rotatable bonds is 7. The molecular weight excluding hydrogens is 468 g/mol. The number of halogens is 1. The number of carbonyl (C=O) groups is 1. The Morgan fingerprint density at radius 1 is 0.944 bits per heavy atom. The van der Waals surface area contributed by atoms with Gasteiger partial charge >= 0.3 is 0 Å². The smallest absolute Gasteiger partial charge is 0.253 e. The summed E-state index contributed by atoms with van der Waals surface area (Å²) < 4.78 is 1.74. The summed E-state index contributed by atoms with van der Waals surface area (Å²) in [6.45, 7) is 9.37. The summed E-state index contributed by atoms with van der Waals surface area (Å²) in [6.07, 6.45) is 1.69. The van der Waals surface area contributed by atoms with Crippen LogP contribution in [0.2, 0.25) is 0 Å². The second-order valence-corrected chi connectivity index (χ2v) is 10.2. The Hall–Kier alpha value is -3.31. The Bertz CT molecular complexity index is 1240. The SMILES string of the molecule is CC(C)c1ccc(NCc2ccc(N(C)C)cc2)cc1.CC(C)c1ccc2c(cnn2C)c1C(=O)Cl. The van der Waals surface area contributed by atoms with E-state index in [0.717, 1.165) is 23.0 Å². The highest BCUT2D eigenvalue weighted by Crippen LogP contribution is 2.28. The van der Waals surface area contributed by atoms with E-state index in [9.17, 15) is 4.79 Å². The lowest BCUT2D eigenvalue weighted by Crippen LogP contribution is -2.08. The molecule has 1 N–H and O–H groups in total. The van der Waals surface area contributed by atoms with Gasteiger partial charge in [-0.25, -0.2) is 0 Å². The second-order valence-electron chi connectivity index (χ2n) is 9.85. The highest BCUT2D eigenvalue weighted by molar-refractivity contribution is 6.68. The second kappa shape index (κ2) is 12.1. The molecular formula is C30H37ClN4O. The van der Waals surface area contributed by atoms with Gasteiger partial charge in [0.2, 0.25) is 0 Å². The van der Waals surface area contributed by atoms with Crippen molar-refractivity contribution in [3.05, 3.63) is 89.1 Å². The number of benzene rings is 3. The molecule has 190 valence electrons. The molecule has 0 fully saturated rings. The Labute approximate surface area is 220 Å². The van der Waals surface area contributed by atoms with Crippen LogP contribution in [0.4, 0.5) is 11.4 Å². The van der Waals surface area contributed by atoms with Crippen LogP contribution < -0.4 is 10.2 Å². The lowest BCUT2D eigenvalue weighted by atomic mass is 9.95. The summed E-state index contributed by atoms with van der Waals surface area (Å²) in [5.41, 5.74) is 7.56. The first kappa shape index (κ1) is 27.3. The predicted molar refractivity (Wildman–Crippen MR) is 154 cm³/mol. The highest BCUT2D eigenvalue weighted by Gasteiger charge is 2.17. The molecule has 0 saturated carbocycles. The third-order valence-corrected chi connectivity index (χ3v) is 6.50. The van der Waals surface area contributed by atoms with E-state index in [1.807, 2.05) is 33.0 Å². The van der Waals surface area contributed by atoms with E-state index in [1.165, 1.54) is 22.5 Å². The zero-order valence-corrected chi connectivity index (χ0v) is 23.1. The average molecular weight is 505 g/mol. The van der Waals surface area contributed by atoms with Gasteiger partial charge in [-0.3, -0.25) is 9.48 Å². The first-order valence-electron chi connectivity index (χ1n) is 12.3. The summed E-state index contributed by atoms with van der Waals surface area (Å²) in [4.78, 5) is 13.6. The largest absolute Gasteiger partial charge is 0.381 e. The molecule has 6 heteroatoms. The summed E-state index contributed by atoms with van der Waals surface area (Å²) in [5, 5.41) is 8.02. The zero-order valence-electron chi connectivity index (χ0n) is 22.3. The van der Waals surface area contributed by atoms with Crippen molar-refractivity contribution in [2.24, 2.45) is 7.05 Å². The Morgan fingerprint density at radius 2 is 1.58 bits per heavy atom. The minimum Gasteiger partial charge on any atom is -0.381 e. The minimum atomic E-state index is -0.415. The maximum absolute atomic E-state index is 11.5. The molecule has 5 nitrogen and oxygen atoms in total. The molecule has 0 aliphatic rings. The van der Waals surface area contributed by atoms with Crippen molar-refractivity contribution in [3.63, 3.8) is 0 Å². The predicted octanol–water partition coefficient (Wildman–Crippen LogP) is 7.56. The van der Waals surface area contributed by atoms with E-state index in [-0.39, 0.29) is 5.92 Å². The third kappa shape index (κ3) is 6.67. The normalized spacial score (nSPS) is 10.9. The number of carbonyl (C=O) groups excluding carboxylic acids is 1. The van der Waals surface area contributed by atoms with Crippen molar-refractivity contribution in [2.75, 3.05) is 24.3 Å². The summed E-state index contributed by atoms with van der Waals surface area (Å²) in [7, 11) is 5.97. The number of nitrogens with zero attached hydrogens (tertiary/aromatic N) is 3. The molecule has 0 saturated heterocycles. The van der Waals surface area contributed by atoms with E-state index in [1.54, 1.807) is 10.9 Å². The summed E-state index contributed by atoms with van der Waals surface area (Å²) >= 11 is 5.66. The molecule has 0 aliphatic heterocycles. The molecule has 0 aliphatic carbocycles. The lowest BCUT2D eigenvalue weighted by Gasteiger charge is -2.13. The number of aromatic nitrogens is 2. The lowest BCUT2D eigenvalue weighted by molar-refractivity contribution is 0.108. The van der Waals surface area contributed by atoms with Crippen LogP contribution in [-0.4, -0.2) is 29.1 Å². The van der Waals surface area contributed by atoms with Gasteiger partial charge in [-0.05, 0) is 70.5 Å². The minimum absolute atomic E-state index is 0.266. The van der Waals surface area contributed by atoms with Crippen molar-refractivity contribution in [1.82, 2.24) is 9.78 Å². The fraction of sp³-hybridized carbons (Fsp3) is 0.333. The monoisotopic (exact) mass is 504 g/mol. The molecule has 4 aromatic rings. The van der Waals surface area contributed by atoms with Gasteiger partial charge in [0.1, 0.15) is 0 Å². The van der Waals surface area contributed by atoms with E-state index in [2.05, 4.69) is 91.8 Å². The van der Waals surface area contributed by atoms with Crippen LogP contribution in [0.1, 0.15) is 66.6 Å². The van der Waals surface area contributed by atoms with Crippen molar-refractivity contribution >= 4 is 39.1 Å². The molecule has 36 heavy (non-hydrogen) atoms. The maximum Gasteiger partial charge on any atom is 0.253 e. The van der Waals surface area contributed by atoms with E-state index < -0.39 is 5.24 Å². The fourth-order valence-corrected chi connectivity index (χ4v) is 4.26. The Morgan fingerprint density at radius 3 is 2.11 bits per heavy atom. The van der Waals surface area contributed by atoms with Crippen LogP contribution in [0, 0.1) is 0 Å². The molecule has 1 heterocycles. The molecule has 0 unspecified atom stereocenters. The molecule has 0 amide bonds. The number of anilines is 2. The number of aryl methyl sites for hydroxylation is 1. The molecule has 0 radical (unpaired) electrons. The first-order chi connectivity index (χ1) is 17.1. The third-order valence-electron chi connectivity index (χ3n) is 6.31. The van der Waals surface area contributed by atoms with Gasteiger partial charge in [-0.1, -0.05) is 58.0 Å². The van der Waals surface area contributed by atoms with Crippen LogP contribution in [0.3, 0.4) is 0 Å². The zero-order chi connectivity index (χ0) is 26.4. The summed E-state index contributed by atoms with van der Waals surface area (Å²) in [6, 6.07) is 21.3. The maximum atomic E-state index is 11.5.